The van der Waals surface area contributed by atoms with E-state index in [1.54, 1.807) is 41.8 Å². The zero-order valence-corrected chi connectivity index (χ0v) is 20.5. The van der Waals surface area contributed by atoms with Crippen LogP contribution >= 0.6 is 11.3 Å². The number of esters is 1. The monoisotopic (exact) mass is 509 g/mol. The highest BCUT2D eigenvalue weighted by Gasteiger charge is 2.55. The van der Waals surface area contributed by atoms with Gasteiger partial charge in [-0.3, -0.25) is 19.0 Å². The Morgan fingerprint density at radius 2 is 2.00 bits per heavy atom. The number of nitrogens with zero attached hydrogens (tertiary/aromatic N) is 2. The number of rotatable bonds is 6. The molecule has 11 heteroatoms. The number of aromatic nitrogens is 1. The summed E-state index contributed by atoms with van der Waals surface area (Å²) < 4.78 is 24.0. The number of nitrogens with two attached hydrogens (primary N) is 1. The molecule has 3 atom stereocenters. The van der Waals surface area contributed by atoms with E-state index in [0.29, 0.717) is 37.7 Å². The van der Waals surface area contributed by atoms with Gasteiger partial charge in [-0.2, -0.15) is 0 Å². The summed E-state index contributed by atoms with van der Waals surface area (Å²) in [6.45, 7) is 1.44. The number of hydrogen-bond acceptors (Lipinski definition) is 9. The van der Waals surface area contributed by atoms with Crippen LogP contribution in [0.2, 0.25) is 0 Å². The molecule has 0 saturated carbocycles. The summed E-state index contributed by atoms with van der Waals surface area (Å²) in [5.41, 5.74) is 5.01. The molecule has 2 aromatic carbocycles. The number of fused-ring (bicyclic) bond motifs is 6. The summed E-state index contributed by atoms with van der Waals surface area (Å²) in [5.74, 6) is -0.657. The number of methoxy groups -OCH3 is 2. The zero-order valence-electron chi connectivity index (χ0n) is 19.7. The smallest absolute Gasteiger partial charge is 0.317 e. The van der Waals surface area contributed by atoms with Gasteiger partial charge in [0.15, 0.2) is 22.9 Å². The molecule has 0 radical (unpaired) electrons. The second kappa shape index (κ2) is 8.83. The highest BCUT2D eigenvalue weighted by Crippen LogP contribution is 2.47. The Morgan fingerprint density at radius 1 is 1.22 bits per heavy atom. The maximum absolute atomic E-state index is 13.7. The van der Waals surface area contributed by atoms with Gasteiger partial charge in [0, 0.05) is 5.56 Å². The van der Waals surface area contributed by atoms with Gasteiger partial charge in [-0.15, -0.1) is 0 Å². The van der Waals surface area contributed by atoms with Crippen molar-refractivity contribution in [3.05, 3.63) is 73.3 Å². The van der Waals surface area contributed by atoms with Crippen LogP contribution in [0.25, 0.3) is 6.08 Å². The molecule has 0 spiro atoms. The van der Waals surface area contributed by atoms with Gasteiger partial charge in [-0.25, -0.2) is 4.99 Å². The fourth-order valence-electron chi connectivity index (χ4n) is 4.62. The Morgan fingerprint density at radius 3 is 2.72 bits per heavy atom. The Kier molecular flexibility index (Phi) is 5.79. The normalized spacial score (nSPS) is 21.9. The van der Waals surface area contributed by atoms with Gasteiger partial charge in [0.05, 0.1) is 24.8 Å². The predicted molar refractivity (Wildman–Crippen MR) is 130 cm³/mol. The van der Waals surface area contributed by atoms with Gasteiger partial charge < -0.3 is 24.7 Å². The first-order valence-electron chi connectivity index (χ1n) is 11.0. The minimum Gasteiger partial charge on any atom is -0.493 e. The lowest BCUT2D eigenvalue weighted by Crippen LogP contribution is -2.58. The van der Waals surface area contributed by atoms with Gasteiger partial charge in [-0.1, -0.05) is 35.6 Å². The lowest BCUT2D eigenvalue weighted by molar-refractivity contribution is -0.158. The van der Waals surface area contributed by atoms with Crippen molar-refractivity contribution in [2.45, 2.75) is 18.7 Å². The van der Waals surface area contributed by atoms with E-state index in [0.717, 1.165) is 0 Å². The molecule has 3 aromatic rings. The highest BCUT2D eigenvalue weighted by atomic mass is 32.1. The van der Waals surface area contributed by atoms with Crippen molar-refractivity contribution < 1.29 is 28.5 Å². The minimum absolute atomic E-state index is 0.287. The van der Waals surface area contributed by atoms with Crippen LogP contribution in [0.3, 0.4) is 0 Å². The summed E-state index contributed by atoms with van der Waals surface area (Å²) in [4.78, 5) is 42.7. The zero-order chi connectivity index (χ0) is 25.6. The van der Waals surface area contributed by atoms with E-state index in [4.69, 9.17) is 29.7 Å². The van der Waals surface area contributed by atoms with E-state index in [9.17, 15) is 14.4 Å². The van der Waals surface area contributed by atoms with E-state index in [2.05, 4.69) is 0 Å². The Balaban J connectivity index is 1.65. The average molecular weight is 510 g/mol. The van der Waals surface area contributed by atoms with Crippen LogP contribution in [0.15, 0.2) is 52.3 Å². The average Bonchev–Trinajstić information content (AvgIpc) is 3.15. The molecule has 0 aliphatic carbocycles. The van der Waals surface area contributed by atoms with Crippen LogP contribution in [0.5, 0.6) is 17.2 Å². The SMILES string of the molecule is COC(=O)[C@H]1[C@H]2c3ccccc3O[C@@]1(C)N=c1s/c(=C\c3ccc(OCC(N)=O)c(OC)c3)c(=O)n12. The van der Waals surface area contributed by atoms with Gasteiger partial charge in [0.25, 0.3) is 11.5 Å². The molecule has 0 unspecified atom stereocenters. The number of thiazole rings is 1. The van der Waals surface area contributed by atoms with Gasteiger partial charge in [0.2, 0.25) is 5.72 Å². The van der Waals surface area contributed by atoms with Crippen LogP contribution in [0.4, 0.5) is 0 Å². The lowest BCUT2D eigenvalue weighted by atomic mass is 9.81. The molecule has 1 aromatic heterocycles. The highest BCUT2D eigenvalue weighted by molar-refractivity contribution is 7.07. The second-order valence-corrected chi connectivity index (χ2v) is 9.49. The van der Waals surface area contributed by atoms with Crippen LogP contribution in [0, 0.1) is 5.92 Å². The Labute approximate surface area is 209 Å². The van der Waals surface area contributed by atoms with Crippen LogP contribution in [-0.4, -0.2) is 43.0 Å². The molecule has 2 aliphatic rings. The summed E-state index contributed by atoms with van der Waals surface area (Å²) >= 11 is 1.20. The van der Waals surface area contributed by atoms with Crippen LogP contribution in [0.1, 0.15) is 24.1 Å². The van der Waals surface area contributed by atoms with Crippen LogP contribution in [-0.2, 0) is 14.3 Å². The van der Waals surface area contributed by atoms with E-state index in [1.165, 1.54) is 25.6 Å². The molecule has 10 nitrogen and oxygen atoms in total. The first-order chi connectivity index (χ1) is 17.3. The number of ether oxygens (including phenoxy) is 4. The van der Waals surface area contributed by atoms with Crippen molar-refractivity contribution in [3.8, 4) is 17.2 Å². The van der Waals surface area contributed by atoms with E-state index >= 15 is 0 Å². The van der Waals surface area contributed by atoms with E-state index < -0.39 is 29.6 Å². The van der Waals surface area contributed by atoms with E-state index in [1.807, 2.05) is 18.2 Å². The van der Waals surface area contributed by atoms with Crippen molar-refractivity contribution in [2.75, 3.05) is 20.8 Å². The third-order valence-corrected chi connectivity index (χ3v) is 7.17. The molecular formula is C25H23N3O7S. The quantitative estimate of drug-likeness (QED) is 0.485. The number of primary amides is 1. The fourth-order valence-corrected chi connectivity index (χ4v) is 5.72. The van der Waals surface area contributed by atoms with E-state index in [-0.39, 0.29) is 12.2 Å². The second-order valence-electron chi connectivity index (χ2n) is 8.49. The molecule has 2 bridgehead atoms. The molecule has 0 fully saturated rings. The third-order valence-electron chi connectivity index (χ3n) is 6.19. The number of benzene rings is 2. The summed E-state index contributed by atoms with van der Waals surface area (Å²) in [5, 5.41) is 0. The molecule has 3 heterocycles. The Hall–Kier alpha value is -4.12. The first kappa shape index (κ1) is 23.6. The molecule has 2 N–H and O–H groups in total. The number of para-hydroxylation sites is 1. The number of hydrogen-bond donors (Lipinski definition) is 1. The van der Waals surface area contributed by atoms with Gasteiger partial charge in [-0.05, 0) is 36.8 Å². The first-order valence-corrected chi connectivity index (χ1v) is 11.8. The largest absolute Gasteiger partial charge is 0.493 e. The standard InChI is InChI=1S/C25H23N3O7S/c1-25-20(23(31)33-3)21(14-6-4-5-7-15(14)35-25)28-22(30)18(36-24(28)27-25)11-13-8-9-16(17(10-13)32-2)34-12-19(26)29/h4-11,20-21H,12H2,1-3H3,(H2,26,29)/b18-11-/t20-,21-,25-/m1/s1. The van der Waals surface area contributed by atoms with Crippen molar-refractivity contribution in [1.29, 1.82) is 0 Å². The Bertz CT molecular complexity index is 1560. The maximum Gasteiger partial charge on any atom is 0.317 e. The third kappa shape index (κ3) is 3.81. The molecular weight excluding hydrogens is 486 g/mol. The molecule has 2 aliphatic heterocycles. The van der Waals surface area contributed by atoms with Gasteiger partial charge >= 0.3 is 5.97 Å². The topological polar surface area (TPSA) is 131 Å². The minimum atomic E-state index is -1.23. The lowest BCUT2D eigenvalue weighted by Gasteiger charge is -2.44. The summed E-state index contributed by atoms with van der Waals surface area (Å²) in [7, 11) is 2.78. The summed E-state index contributed by atoms with van der Waals surface area (Å²) in [6.07, 6.45) is 1.71. The molecule has 36 heavy (non-hydrogen) atoms. The van der Waals surface area contributed by atoms with Crippen LogP contribution < -0.4 is 34.8 Å². The number of amides is 1. The molecule has 5 rings (SSSR count). The van der Waals surface area contributed by atoms with Crippen molar-refractivity contribution >= 4 is 29.3 Å². The van der Waals surface area contributed by atoms with Crippen molar-refractivity contribution in [3.63, 3.8) is 0 Å². The van der Waals surface area contributed by atoms with Crippen molar-refractivity contribution in [2.24, 2.45) is 16.6 Å². The maximum atomic E-state index is 13.7. The number of carbonyl (C=O) groups is 2. The molecule has 1 amide bonds. The number of carbonyl (C=O) groups excluding carboxylic acids is 2. The predicted octanol–water partition coefficient (Wildman–Crippen LogP) is 0.732. The van der Waals surface area contributed by atoms with Gasteiger partial charge in [0.1, 0.15) is 11.7 Å². The van der Waals surface area contributed by atoms with Crippen molar-refractivity contribution in [1.82, 2.24) is 4.57 Å². The molecule has 186 valence electrons. The fraction of sp³-hybridized carbons (Fsp3) is 0.280. The summed E-state index contributed by atoms with van der Waals surface area (Å²) in [6, 6.07) is 11.7. The molecule has 0 saturated heterocycles.